The van der Waals surface area contributed by atoms with Crippen molar-refractivity contribution in [2.75, 3.05) is 0 Å². The zero-order chi connectivity index (χ0) is 15.4. The third-order valence-electron chi connectivity index (χ3n) is 3.22. The summed E-state index contributed by atoms with van der Waals surface area (Å²) in [7, 11) is 0. The molecule has 2 rings (SSSR count). The zero-order valence-electron chi connectivity index (χ0n) is 12.5. The Morgan fingerprint density at radius 1 is 1.33 bits per heavy atom. The minimum atomic E-state index is -1.20. The summed E-state index contributed by atoms with van der Waals surface area (Å²) in [6, 6.07) is 9.31. The van der Waals surface area contributed by atoms with Crippen LogP contribution in [0.3, 0.4) is 0 Å². The molecule has 4 heteroatoms. The van der Waals surface area contributed by atoms with Crippen LogP contribution >= 0.6 is 0 Å². The molecule has 0 aliphatic carbocycles. The van der Waals surface area contributed by atoms with Crippen molar-refractivity contribution >= 4 is 12.2 Å². The summed E-state index contributed by atoms with van der Waals surface area (Å²) in [5.41, 5.74) is 0.515. The quantitative estimate of drug-likeness (QED) is 0.861. The Balaban J connectivity index is 2.93. The first kappa shape index (κ1) is 15.2. The molecule has 0 aliphatic heterocycles. The molecule has 1 aromatic carbocycles. The van der Waals surface area contributed by atoms with E-state index in [1.807, 2.05) is 37.3 Å². The number of hydrogen-bond acceptors (Lipinski definition) is 2. The van der Waals surface area contributed by atoms with E-state index in [0.717, 1.165) is 5.69 Å². The van der Waals surface area contributed by atoms with Crippen LogP contribution in [-0.2, 0) is 6.42 Å². The third-order valence-corrected chi connectivity index (χ3v) is 3.22. The Kier molecular flexibility index (Phi) is 4.68. The first-order valence-electron chi connectivity index (χ1n) is 7.08. The molecule has 2 aromatic rings. The molecule has 0 saturated heterocycles. The van der Waals surface area contributed by atoms with Gasteiger partial charge in [-0.3, -0.25) is 9.36 Å². The first-order valence-corrected chi connectivity index (χ1v) is 7.08. The van der Waals surface area contributed by atoms with Crippen LogP contribution in [0.1, 0.15) is 26.6 Å². The second-order valence-corrected chi connectivity index (χ2v) is 4.79. The van der Waals surface area contributed by atoms with E-state index in [1.54, 1.807) is 17.6 Å². The van der Waals surface area contributed by atoms with Gasteiger partial charge in [0.2, 0.25) is 0 Å². The number of rotatable bonds is 3. The Bertz CT molecular complexity index is 792. The molecule has 0 N–H and O–H groups in total. The molecule has 0 aliphatic rings. The van der Waals surface area contributed by atoms with E-state index in [-0.39, 0.29) is 5.56 Å². The number of halogens is 1. The van der Waals surface area contributed by atoms with Crippen LogP contribution in [0.4, 0.5) is 4.39 Å². The molecular weight excluding hydrogens is 267 g/mol. The second kappa shape index (κ2) is 6.48. The van der Waals surface area contributed by atoms with Crippen LogP contribution in [-0.4, -0.2) is 15.7 Å². The van der Waals surface area contributed by atoms with Gasteiger partial charge in [0.15, 0.2) is 0 Å². The Morgan fingerprint density at radius 2 is 2.00 bits per heavy atom. The van der Waals surface area contributed by atoms with Gasteiger partial charge in [-0.05, 0) is 32.1 Å². The molecule has 1 atom stereocenters. The predicted octanol–water partition coefficient (Wildman–Crippen LogP) is 1.73. The van der Waals surface area contributed by atoms with Gasteiger partial charge < -0.3 is 0 Å². The van der Waals surface area contributed by atoms with Gasteiger partial charge in [0.1, 0.15) is 12.0 Å². The van der Waals surface area contributed by atoms with Crippen LogP contribution in [0, 0.1) is 0 Å². The lowest BCUT2D eigenvalue weighted by atomic mass is 10.2. The van der Waals surface area contributed by atoms with Gasteiger partial charge in [-0.15, -0.1) is 0 Å². The van der Waals surface area contributed by atoms with Gasteiger partial charge >= 0.3 is 0 Å². The van der Waals surface area contributed by atoms with Crippen molar-refractivity contribution in [3.8, 4) is 5.69 Å². The molecule has 0 radical (unpaired) electrons. The lowest BCUT2D eigenvalue weighted by molar-refractivity contribution is 0.450. The van der Waals surface area contributed by atoms with Crippen LogP contribution < -0.4 is 16.1 Å². The smallest absolute Gasteiger partial charge is 0.265 e. The Hall–Kier alpha value is -2.23. The lowest BCUT2D eigenvalue weighted by Crippen LogP contribution is -2.48. The van der Waals surface area contributed by atoms with Crippen molar-refractivity contribution in [3.05, 3.63) is 57.1 Å². The molecule has 0 saturated carbocycles. The van der Waals surface area contributed by atoms with Crippen molar-refractivity contribution in [1.29, 1.82) is 0 Å². The predicted molar refractivity (Wildman–Crippen MR) is 83.6 cm³/mol. The largest absolute Gasteiger partial charge is 0.268 e. The fourth-order valence-electron chi connectivity index (χ4n) is 2.28. The van der Waals surface area contributed by atoms with E-state index in [4.69, 9.17) is 0 Å². The highest BCUT2D eigenvalue weighted by Crippen LogP contribution is 2.05. The Labute approximate surface area is 123 Å². The van der Waals surface area contributed by atoms with Gasteiger partial charge in [-0.1, -0.05) is 31.2 Å². The van der Waals surface area contributed by atoms with E-state index in [1.165, 1.54) is 13.0 Å². The topological polar surface area (TPSA) is 34.9 Å². The monoisotopic (exact) mass is 286 g/mol. The van der Waals surface area contributed by atoms with Crippen molar-refractivity contribution < 1.29 is 4.39 Å². The highest BCUT2D eigenvalue weighted by Gasteiger charge is 2.09. The molecule has 0 amide bonds. The van der Waals surface area contributed by atoms with Crippen molar-refractivity contribution in [2.45, 2.75) is 33.4 Å². The number of alkyl halides is 1. The van der Waals surface area contributed by atoms with Gasteiger partial charge in [0.05, 0.1) is 16.3 Å². The fraction of sp³-hybridized carbons (Fsp3) is 0.294. The molecule has 0 bridgehead atoms. The third kappa shape index (κ3) is 3.10. The van der Waals surface area contributed by atoms with Crippen molar-refractivity contribution in [1.82, 2.24) is 9.55 Å². The average Bonchev–Trinajstić information content (AvgIpc) is 2.49. The van der Waals surface area contributed by atoms with E-state index in [2.05, 4.69) is 4.98 Å². The van der Waals surface area contributed by atoms with Crippen LogP contribution in [0.15, 0.2) is 35.1 Å². The summed E-state index contributed by atoms with van der Waals surface area (Å²) < 4.78 is 14.9. The number of benzene rings is 1. The first-order chi connectivity index (χ1) is 10.1. The fourth-order valence-corrected chi connectivity index (χ4v) is 2.28. The maximum absolute atomic E-state index is 13.4. The summed E-state index contributed by atoms with van der Waals surface area (Å²) in [5, 5.41) is 0.849. The molecule has 1 heterocycles. The summed E-state index contributed by atoms with van der Waals surface area (Å²) >= 11 is 0. The van der Waals surface area contributed by atoms with Crippen molar-refractivity contribution in [3.63, 3.8) is 0 Å². The van der Waals surface area contributed by atoms with Crippen LogP contribution in [0.2, 0.25) is 0 Å². The SMILES string of the molecule is C/C=c1/nc(CC)n(-c2ccccc2)c(=O)/c1=C/C(C)F. The summed E-state index contributed by atoms with van der Waals surface area (Å²) in [6.45, 7) is 5.15. The van der Waals surface area contributed by atoms with Gasteiger partial charge in [-0.2, -0.15) is 0 Å². The van der Waals surface area contributed by atoms with E-state index >= 15 is 0 Å². The minimum Gasteiger partial charge on any atom is -0.268 e. The molecule has 110 valence electrons. The highest BCUT2D eigenvalue weighted by molar-refractivity contribution is 5.36. The Morgan fingerprint density at radius 3 is 2.52 bits per heavy atom. The average molecular weight is 286 g/mol. The molecule has 3 nitrogen and oxygen atoms in total. The summed E-state index contributed by atoms with van der Waals surface area (Å²) in [4.78, 5) is 17.3. The molecule has 1 unspecified atom stereocenters. The zero-order valence-corrected chi connectivity index (χ0v) is 12.5. The van der Waals surface area contributed by atoms with E-state index < -0.39 is 6.17 Å². The highest BCUT2D eigenvalue weighted by atomic mass is 19.1. The molecule has 0 spiro atoms. The van der Waals surface area contributed by atoms with Gasteiger partial charge in [-0.25, -0.2) is 9.37 Å². The van der Waals surface area contributed by atoms with E-state index in [9.17, 15) is 9.18 Å². The number of aryl methyl sites for hydroxylation is 1. The second-order valence-electron chi connectivity index (χ2n) is 4.79. The molecule has 0 fully saturated rings. The van der Waals surface area contributed by atoms with Gasteiger partial charge in [0, 0.05) is 6.42 Å². The number of nitrogens with zero attached hydrogens (tertiary/aromatic N) is 2. The summed E-state index contributed by atoms with van der Waals surface area (Å²) in [6.07, 6.45) is 2.49. The maximum Gasteiger partial charge on any atom is 0.265 e. The van der Waals surface area contributed by atoms with E-state index in [0.29, 0.717) is 22.8 Å². The normalized spacial score (nSPS) is 14.5. The van der Waals surface area contributed by atoms with Crippen molar-refractivity contribution in [2.24, 2.45) is 0 Å². The standard InChI is InChI=1S/C17H19FN2O/c1-4-15-14(11-12(3)18)17(21)20(16(5-2)19-15)13-9-7-6-8-10-13/h4,6-12H,5H2,1-3H3/b14-11+,15-4+. The molecular formula is C17H19FN2O. The molecule has 1 aromatic heterocycles. The maximum atomic E-state index is 13.4. The summed E-state index contributed by atoms with van der Waals surface area (Å²) in [5.74, 6) is 0.669. The van der Waals surface area contributed by atoms with Crippen LogP contribution in [0.5, 0.6) is 0 Å². The minimum absolute atomic E-state index is 0.231. The number of hydrogen-bond donors (Lipinski definition) is 0. The number of para-hydroxylation sites is 1. The van der Waals surface area contributed by atoms with Crippen LogP contribution in [0.25, 0.3) is 17.8 Å². The lowest BCUT2D eigenvalue weighted by Gasteiger charge is -2.11. The molecule has 21 heavy (non-hydrogen) atoms. The number of aromatic nitrogens is 2. The van der Waals surface area contributed by atoms with Gasteiger partial charge in [0.25, 0.3) is 5.56 Å².